The highest BCUT2D eigenvalue weighted by Gasteiger charge is 2.43. The Bertz CT molecular complexity index is 369. The Morgan fingerprint density at radius 2 is 2.41 bits per heavy atom. The van der Waals surface area contributed by atoms with Gasteiger partial charge in [-0.05, 0) is 32.1 Å². The summed E-state index contributed by atoms with van der Waals surface area (Å²) in [6.07, 6.45) is 6.41. The molecule has 0 spiro atoms. The van der Waals surface area contributed by atoms with E-state index in [0.717, 1.165) is 25.8 Å². The fraction of sp³-hybridized carbons (Fsp3) is 0.727. The maximum absolute atomic E-state index is 11.8. The van der Waals surface area contributed by atoms with Gasteiger partial charge in [-0.15, -0.1) is 5.10 Å². The third-order valence-corrected chi connectivity index (χ3v) is 3.24. The molecule has 94 valence electrons. The van der Waals surface area contributed by atoms with Gasteiger partial charge in [0.25, 0.3) is 0 Å². The zero-order valence-electron chi connectivity index (χ0n) is 10.1. The summed E-state index contributed by atoms with van der Waals surface area (Å²) >= 11 is 0. The van der Waals surface area contributed by atoms with Crippen LogP contribution in [0.25, 0.3) is 0 Å². The van der Waals surface area contributed by atoms with E-state index in [1.54, 1.807) is 17.1 Å². The molecule has 0 radical (unpaired) electrons. The van der Waals surface area contributed by atoms with Crippen molar-refractivity contribution in [1.82, 2.24) is 20.3 Å². The van der Waals surface area contributed by atoms with Crippen LogP contribution < -0.4 is 11.1 Å². The van der Waals surface area contributed by atoms with E-state index in [1.165, 1.54) is 0 Å². The number of carbonyl (C=O) groups excluding carboxylic acids is 1. The average Bonchev–Trinajstić information content (AvgIpc) is 3.04. The lowest BCUT2D eigenvalue weighted by atomic mass is 9.96. The third kappa shape index (κ3) is 3.03. The van der Waals surface area contributed by atoms with Crippen LogP contribution in [0.2, 0.25) is 0 Å². The first-order valence-corrected chi connectivity index (χ1v) is 6.02. The smallest absolute Gasteiger partial charge is 0.240 e. The highest BCUT2D eigenvalue weighted by Crippen LogP contribution is 2.37. The van der Waals surface area contributed by atoms with Crippen LogP contribution >= 0.6 is 0 Å². The van der Waals surface area contributed by atoms with E-state index < -0.39 is 5.54 Å². The molecular formula is C11H19N5O. The number of aromatic nitrogens is 3. The molecule has 1 amide bonds. The summed E-state index contributed by atoms with van der Waals surface area (Å²) in [5.41, 5.74) is 5.30. The Morgan fingerprint density at radius 1 is 1.65 bits per heavy atom. The van der Waals surface area contributed by atoms with E-state index in [0.29, 0.717) is 12.5 Å². The summed E-state index contributed by atoms with van der Waals surface area (Å²) in [5.74, 6) is 0.316. The second-order valence-electron chi connectivity index (χ2n) is 4.83. The summed E-state index contributed by atoms with van der Waals surface area (Å²) in [6, 6.07) is 0. The van der Waals surface area contributed by atoms with Crippen molar-refractivity contribution in [1.29, 1.82) is 0 Å². The molecule has 0 saturated heterocycles. The minimum absolute atomic E-state index is 0.0430. The molecule has 0 aromatic carbocycles. The van der Waals surface area contributed by atoms with Crippen LogP contribution in [0.3, 0.4) is 0 Å². The quantitative estimate of drug-likeness (QED) is 0.677. The second kappa shape index (κ2) is 4.83. The van der Waals surface area contributed by atoms with E-state index in [-0.39, 0.29) is 5.91 Å². The molecule has 1 saturated carbocycles. The van der Waals surface area contributed by atoms with Crippen molar-refractivity contribution in [3.8, 4) is 0 Å². The van der Waals surface area contributed by atoms with Crippen molar-refractivity contribution in [2.24, 2.45) is 11.7 Å². The molecule has 1 aromatic rings. The van der Waals surface area contributed by atoms with E-state index in [9.17, 15) is 4.79 Å². The average molecular weight is 237 g/mol. The fourth-order valence-electron chi connectivity index (χ4n) is 1.85. The predicted molar refractivity (Wildman–Crippen MR) is 63.0 cm³/mol. The van der Waals surface area contributed by atoms with E-state index >= 15 is 0 Å². The third-order valence-electron chi connectivity index (χ3n) is 3.24. The summed E-state index contributed by atoms with van der Waals surface area (Å²) < 4.78 is 1.74. The Balaban J connectivity index is 1.66. The standard InChI is InChI=1S/C11H19N5O/c1-11(12,9-3-4-9)10(17)13-5-2-7-16-8-6-14-15-16/h6,8-9H,2-5,7,12H2,1H3,(H,13,17). The molecule has 1 aliphatic carbocycles. The minimum Gasteiger partial charge on any atom is -0.354 e. The van der Waals surface area contributed by atoms with Gasteiger partial charge in [0.05, 0.1) is 11.7 Å². The number of nitrogens with two attached hydrogens (primary N) is 1. The van der Waals surface area contributed by atoms with Crippen LogP contribution in [0, 0.1) is 5.92 Å². The Kier molecular flexibility index (Phi) is 3.42. The first kappa shape index (κ1) is 12.0. The van der Waals surface area contributed by atoms with Gasteiger partial charge in [0.2, 0.25) is 5.91 Å². The molecule has 1 heterocycles. The number of hydrogen-bond acceptors (Lipinski definition) is 4. The van der Waals surface area contributed by atoms with Gasteiger partial charge in [0, 0.05) is 19.3 Å². The lowest BCUT2D eigenvalue weighted by Crippen LogP contribution is -2.53. The molecule has 0 aliphatic heterocycles. The molecule has 1 aliphatic rings. The largest absolute Gasteiger partial charge is 0.354 e. The maximum atomic E-state index is 11.8. The highest BCUT2D eigenvalue weighted by atomic mass is 16.2. The van der Waals surface area contributed by atoms with Crippen molar-refractivity contribution in [3.05, 3.63) is 12.4 Å². The van der Waals surface area contributed by atoms with Gasteiger partial charge in [-0.25, -0.2) is 0 Å². The summed E-state index contributed by atoms with van der Waals surface area (Å²) in [7, 11) is 0. The van der Waals surface area contributed by atoms with E-state index in [2.05, 4.69) is 15.6 Å². The van der Waals surface area contributed by atoms with Crippen molar-refractivity contribution < 1.29 is 4.79 Å². The van der Waals surface area contributed by atoms with Crippen molar-refractivity contribution >= 4 is 5.91 Å². The van der Waals surface area contributed by atoms with Gasteiger partial charge in [-0.2, -0.15) is 0 Å². The van der Waals surface area contributed by atoms with Crippen molar-refractivity contribution in [2.75, 3.05) is 6.54 Å². The van der Waals surface area contributed by atoms with E-state index in [1.807, 2.05) is 6.92 Å². The van der Waals surface area contributed by atoms with Gasteiger partial charge in [-0.3, -0.25) is 9.48 Å². The molecule has 17 heavy (non-hydrogen) atoms. The van der Waals surface area contributed by atoms with Crippen LogP contribution in [0.5, 0.6) is 0 Å². The van der Waals surface area contributed by atoms with Gasteiger partial charge in [-0.1, -0.05) is 5.21 Å². The molecule has 1 atom stereocenters. The summed E-state index contributed by atoms with van der Waals surface area (Å²) in [4.78, 5) is 11.8. The number of amides is 1. The van der Waals surface area contributed by atoms with E-state index in [4.69, 9.17) is 5.73 Å². The fourth-order valence-corrected chi connectivity index (χ4v) is 1.85. The number of aryl methyl sites for hydroxylation is 1. The minimum atomic E-state index is -0.701. The van der Waals surface area contributed by atoms with Crippen LogP contribution in [0.1, 0.15) is 26.2 Å². The molecule has 6 nitrogen and oxygen atoms in total. The summed E-state index contributed by atoms with van der Waals surface area (Å²) in [5, 5.41) is 10.4. The number of nitrogens with zero attached hydrogens (tertiary/aromatic N) is 3. The van der Waals surface area contributed by atoms with Gasteiger partial charge < -0.3 is 11.1 Å². The molecule has 1 aromatic heterocycles. The Morgan fingerprint density at radius 3 is 3.00 bits per heavy atom. The zero-order valence-corrected chi connectivity index (χ0v) is 10.1. The molecule has 2 rings (SSSR count). The number of nitrogens with one attached hydrogen (secondary N) is 1. The Labute approximate surface area is 101 Å². The number of carbonyl (C=O) groups is 1. The summed E-state index contributed by atoms with van der Waals surface area (Å²) in [6.45, 7) is 3.20. The first-order valence-electron chi connectivity index (χ1n) is 6.02. The van der Waals surface area contributed by atoms with Crippen LogP contribution in [-0.2, 0) is 11.3 Å². The second-order valence-corrected chi connectivity index (χ2v) is 4.83. The maximum Gasteiger partial charge on any atom is 0.240 e. The Hall–Kier alpha value is -1.43. The molecule has 3 N–H and O–H groups in total. The van der Waals surface area contributed by atoms with Crippen molar-refractivity contribution in [2.45, 2.75) is 38.3 Å². The van der Waals surface area contributed by atoms with Crippen molar-refractivity contribution in [3.63, 3.8) is 0 Å². The molecular weight excluding hydrogens is 218 g/mol. The molecule has 0 bridgehead atoms. The zero-order chi connectivity index (χ0) is 12.3. The molecule has 6 heteroatoms. The van der Waals surface area contributed by atoms with Crippen LogP contribution in [0.15, 0.2) is 12.4 Å². The lowest BCUT2D eigenvalue weighted by Gasteiger charge is -2.23. The normalized spacial score (nSPS) is 18.7. The SMILES string of the molecule is CC(N)(C(=O)NCCCn1ccnn1)C1CC1. The predicted octanol–water partition coefficient (Wildman–Crippen LogP) is -0.0882. The molecule has 1 fully saturated rings. The van der Waals surface area contributed by atoms with Crippen LogP contribution in [-0.4, -0.2) is 33.0 Å². The first-order chi connectivity index (χ1) is 8.10. The number of hydrogen-bond donors (Lipinski definition) is 2. The van der Waals surface area contributed by atoms with Gasteiger partial charge in [0.1, 0.15) is 0 Å². The van der Waals surface area contributed by atoms with Gasteiger partial charge in [0.15, 0.2) is 0 Å². The molecule has 1 unspecified atom stereocenters. The van der Waals surface area contributed by atoms with Gasteiger partial charge >= 0.3 is 0 Å². The lowest BCUT2D eigenvalue weighted by molar-refractivity contribution is -0.126. The number of rotatable bonds is 6. The highest BCUT2D eigenvalue weighted by molar-refractivity contribution is 5.86. The monoisotopic (exact) mass is 237 g/mol. The topological polar surface area (TPSA) is 85.8 Å². The van der Waals surface area contributed by atoms with Crippen LogP contribution in [0.4, 0.5) is 0 Å².